The maximum absolute atomic E-state index is 14.1. The summed E-state index contributed by atoms with van der Waals surface area (Å²) in [6.07, 6.45) is 0. The number of nitrogens with zero attached hydrogens (tertiary/aromatic N) is 3. The zero-order valence-corrected chi connectivity index (χ0v) is 15.5. The van der Waals surface area contributed by atoms with Crippen LogP contribution in [0.4, 0.5) is 4.39 Å². The number of halogens is 1. The number of piperazine rings is 1. The van der Waals surface area contributed by atoms with Crippen LogP contribution < -0.4 is 5.56 Å². The maximum atomic E-state index is 14.1. The van der Waals surface area contributed by atoms with Crippen molar-refractivity contribution in [3.8, 4) is 11.1 Å². The van der Waals surface area contributed by atoms with Crippen LogP contribution in [0, 0.1) is 5.82 Å². The SMILES string of the molecule is CCN1CCN(Cc2nc3scc(-c4ccccc4F)c3c(=O)[nH]2)CC1. The lowest BCUT2D eigenvalue weighted by Crippen LogP contribution is -2.45. The number of aromatic amines is 1. The van der Waals surface area contributed by atoms with E-state index < -0.39 is 0 Å². The summed E-state index contributed by atoms with van der Waals surface area (Å²) in [5, 5.41) is 2.29. The third-order valence-corrected chi connectivity index (χ3v) is 5.81. The lowest BCUT2D eigenvalue weighted by molar-refractivity contribution is 0.129. The Kier molecular flexibility index (Phi) is 4.84. The van der Waals surface area contributed by atoms with E-state index in [1.54, 1.807) is 18.2 Å². The molecule has 5 nitrogen and oxygen atoms in total. The quantitative estimate of drug-likeness (QED) is 0.765. The molecule has 1 aliphatic rings. The topological polar surface area (TPSA) is 52.2 Å². The molecule has 26 heavy (non-hydrogen) atoms. The van der Waals surface area contributed by atoms with E-state index in [1.807, 2.05) is 5.38 Å². The molecule has 0 aliphatic carbocycles. The number of H-pyrrole nitrogens is 1. The van der Waals surface area contributed by atoms with Gasteiger partial charge in [-0.05, 0) is 12.6 Å². The summed E-state index contributed by atoms with van der Waals surface area (Å²) in [6.45, 7) is 7.91. The van der Waals surface area contributed by atoms with Gasteiger partial charge in [-0.3, -0.25) is 9.69 Å². The Morgan fingerprint density at radius 1 is 1.15 bits per heavy atom. The smallest absolute Gasteiger partial charge is 0.260 e. The predicted molar refractivity (Wildman–Crippen MR) is 103 cm³/mol. The monoisotopic (exact) mass is 372 g/mol. The first-order chi connectivity index (χ1) is 12.7. The summed E-state index contributed by atoms with van der Waals surface area (Å²) in [5.41, 5.74) is 0.853. The van der Waals surface area contributed by atoms with Crippen molar-refractivity contribution in [2.24, 2.45) is 0 Å². The number of nitrogens with one attached hydrogen (secondary N) is 1. The van der Waals surface area contributed by atoms with Gasteiger partial charge >= 0.3 is 0 Å². The average Bonchev–Trinajstić information content (AvgIpc) is 3.07. The van der Waals surface area contributed by atoms with Gasteiger partial charge < -0.3 is 9.88 Å². The Balaban J connectivity index is 1.63. The molecule has 0 bridgehead atoms. The van der Waals surface area contributed by atoms with Crippen molar-refractivity contribution in [3.05, 3.63) is 51.6 Å². The van der Waals surface area contributed by atoms with E-state index >= 15 is 0 Å². The second-order valence-electron chi connectivity index (χ2n) is 6.53. The van der Waals surface area contributed by atoms with Gasteiger partial charge in [-0.25, -0.2) is 9.37 Å². The number of hydrogen-bond acceptors (Lipinski definition) is 5. The molecule has 1 aliphatic heterocycles. The van der Waals surface area contributed by atoms with Crippen LogP contribution in [-0.2, 0) is 6.54 Å². The van der Waals surface area contributed by atoms with Gasteiger partial charge in [-0.1, -0.05) is 25.1 Å². The lowest BCUT2D eigenvalue weighted by atomic mass is 10.1. The zero-order chi connectivity index (χ0) is 18.1. The van der Waals surface area contributed by atoms with Crippen molar-refractivity contribution in [2.75, 3.05) is 32.7 Å². The summed E-state index contributed by atoms with van der Waals surface area (Å²) in [7, 11) is 0. The predicted octanol–water partition coefficient (Wildman–Crippen LogP) is 2.93. The molecule has 1 aromatic carbocycles. The lowest BCUT2D eigenvalue weighted by Gasteiger charge is -2.33. The van der Waals surface area contributed by atoms with Gasteiger partial charge in [0.1, 0.15) is 16.5 Å². The van der Waals surface area contributed by atoms with Crippen molar-refractivity contribution >= 4 is 21.6 Å². The molecule has 0 radical (unpaired) electrons. The Morgan fingerprint density at radius 3 is 2.62 bits per heavy atom. The maximum Gasteiger partial charge on any atom is 0.260 e. The fourth-order valence-electron chi connectivity index (χ4n) is 3.42. The highest BCUT2D eigenvalue weighted by atomic mass is 32.1. The fraction of sp³-hybridized carbons (Fsp3) is 0.368. The fourth-order valence-corrected chi connectivity index (χ4v) is 4.38. The molecule has 2 aromatic heterocycles. The Morgan fingerprint density at radius 2 is 1.88 bits per heavy atom. The first kappa shape index (κ1) is 17.3. The largest absolute Gasteiger partial charge is 0.309 e. The minimum atomic E-state index is -0.329. The van der Waals surface area contributed by atoms with Gasteiger partial charge in [0.25, 0.3) is 5.56 Å². The van der Waals surface area contributed by atoms with Crippen molar-refractivity contribution in [3.63, 3.8) is 0 Å². The van der Waals surface area contributed by atoms with Crippen LogP contribution in [0.1, 0.15) is 12.7 Å². The first-order valence-corrected chi connectivity index (χ1v) is 9.73. The zero-order valence-electron chi connectivity index (χ0n) is 14.7. The highest BCUT2D eigenvalue weighted by Crippen LogP contribution is 2.32. The van der Waals surface area contributed by atoms with E-state index in [4.69, 9.17) is 0 Å². The highest BCUT2D eigenvalue weighted by molar-refractivity contribution is 7.17. The van der Waals surface area contributed by atoms with Gasteiger partial charge in [0.15, 0.2) is 0 Å². The Bertz CT molecular complexity index is 975. The Labute approximate surface area is 155 Å². The molecule has 1 fully saturated rings. The molecule has 1 saturated heterocycles. The van der Waals surface area contributed by atoms with E-state index in [0.717, 1.165) is 32.7 Å². The van der Waals surface area contributed by atoms with Crippen LogP contribution in [0.5, 0.6) is 0 Å². The standard InChI is InChI=1S/C19H21FN4OS/c1-2-23-7-9-24(10-8-23)11-16-21-18(25)17-14(12-26-19(17)22-16)13-5-3-4-6-15(13)20/h3-6,12H,2,7-11H2,1H3,(H,21,22,25). The van der Waals surface area contributed by atoms with Crippen LogP contribution in [0.15, 0.2) is 34.4 Å². The second kappa shape index (κ2) is 7.26. The number of fused-ring (bicyclic) bond motifs is 1. The summed E-state index contributed by atoms with van der Waals surface area (Å²) >= 11 is 1.39. The van der Waals surface area contributed by atoms with Crippen LogP contribution >= 0.6 is 11.3 Å². The molecule has 3 aromatic rings. The molecule has 0 unspecified atom stereocenters. The number of thiophene rings is 1. The summed E-state index contributed by atoms with van der Waals surface area (Å²) < 4.78 is 14.1. The number of hydrogen-bond donors (Lipinski definition) is 1. The van der Waals surface area contributed by atoms with E-state index in [0.29, 0.717) is 33.7 Å². The third kappa shape index (κ3) is 3.30. The van der Waals surface area contributed by atoms with Crippen LogP contribution in [-0.4, -0.2) is 52.5 Å². The van der Waals surface area contributed by atoms with Crippen molar-refractivity contribution in [1.29, 1.82) is 0 Å². The first-order valence-electron chi connectivity index (χ1n) is 8.85. The molecule has 3 heterocycles. The molecular formula is C19H21FN4OS. The van der Waals surface area contributed by atoms with Crippen LogP contribution in [0.25, 0.3) is 21.3 Å². The number of benzene rings is 1. The molecule has 0 saturated carbocycles. The molecule has 7 heteroatoms. The summed E-state index contributed by atoms with van der Waals surface area (Å²) in [5.74, 6) is 0.346. The number of rotatable bonds is 4. The Hall–Kier alpha value is -2.09. The van der Waals surface area contributed by atoms with E-state index in [-0.39, 0.29) is 11.4 Å². The summed E-state index contributed by atoms with van der Waals surface area (Å²) in [4.78, 5) is 25.6. The molecule has 136 valence electrons. The van der Waals surface area contributed by atoms with E-state index in [1.165, 1.54) is 17.4 Å². The van der Waals surface area contributed by atoms with Crippen molar-refractivity contribution in [1.82, 2.24) is 19.8 Å². The minimum Gasteiger partial charge on any atom is -0.309 e. The molecule has 0 atom stereocenters. The van der Waals surface area contributed by atoms with Crippen LogP contribution in [0.2, 0.25) is 0 Å². The second-order valence-corrected chi connectivity index (χ2v) is 7.39. The number of aromatic nitrogens is 2. The third-order valence-electron chi connectivity index (χ3n) is 4.94. The molecule has 1 N–H and O–H groups in total. The number of likely N-dealkylation sites (N-methyl/N-ethyl adjacent to an activating group) is 1. The van der Waals surface area contributed by atoms with Crippen LogP contribution in [0.3, 0.4) is 0 Å². The van der Waals surface area contributed by atoms with Gasteiger partial charge in [0, 0.05) is 42.7 Å². The minimum absolute atomic E-state index is 0.198. The molecular weight excluding hydrogens is 351 g/mol. The average molecular weight is 372 g/mol. The van der Waals surface area contributed by atoms with Gasteiger partial charge in [-0.2, -0.15) is 0 Å². The molecule has 0 spiro atoms. The van der Waals surface area contributed by atoms with Gasteiger partial charge in [0.05, 0.1) is 11.9 Å². The molecule has 0 amide bonds. The van der Waals surface area contributed by atoms with Gasteiger partial charge in [0.2, 0.25) is 0 Å². The highest BCUT2D eigenvalue weighted by Gasteiger charge is 2.19. The van der Waals surface area contributed by atoms with Crippen molar-refractivity contribution < 1.29 is 4.39 Å². The van der Waals surface area contributed by atoms with Crippen molar-refractivity contribution in [2.45, 2.75) is 13.5 Å². The van der Waals surface area contributed by atoms with Gasteiger partial charge in [-0.15, -0.1) is 11.3 Å². The van der Waals surface area contributed by atoms with E-state index in [9.17, 15) is 9.18 Å². The summed E-state index contributed by atoms with van der Waals surface area (Å²) in [6, 6.07) is 6.52. The van der Waals surface area contributed by atoms with E-state index in [2.05, 4.69) is 26.7 Å². The normalized spacial score (nSPS) is 16.4. The molecule has 4 rings (SSSR count).